The lowest BCUT2D eigenvalue weighted by Gasteiger charge is -2.27. The molecule has 0 saturated carbocycles. The van der Waals surface area contributed by atoms with E-state index in [-0.39, 0.29) is 23.8 Å². The largest absolute Gasteiger partial charge is 0.344 e. The van der Waals surface area contributed by atoms with Gasteiger partial charge in [-0.1, -0.05) is 26.3 Å². The molecule has 108 valence electrons. The first kappa shape index (κ1) is 16.1. The van der Waals surface area contributed by atoms with Gasteiger partial charge in [0, 0.05) is 31.0 Å². The van der Waals surface area contributed by atoms with Gasteiger partial charge in [-0.2, -0.15) is 11.8 Å². The summed E-state index contributed by atoms with van der Waals surface area (Å²) in [4.78, 5) is 25.9. The van der Waals surface area contributed by atoms with Gasteiger partial charge >= 0.3 is 0 Å². The maximum Gasteiger partial charge on any atom is 0.245 e. The van der Waals surface area contributed by atoms with Crippen LogP contribution in [0.15, 0.2) is 12.7 Å². The molecule has 2 atom stereocenters. The van der Waals surface area contributed by atoms with Crippen molar-refractivity contribution in [1.29, 1.82) is 0 Å². The topological polar surface area (TPSA) is 49.4 Å². The monoisotopic (exact) mass is 284 g/mol. The summed E-state index contributed by atoms with van der Waals surface area (Å²) >= 11 is 1.75. The summed E-state index contributed by atoms with van der Waals surface area (Å²) in [6.45, 7) is 8.97. The second-order valence-corrected chi connectivity index (χ2v) is 6.02. The summed E-state index contributed by atoms with van der Waals surface area (Å²) in [7, 11) is 0. The van der Waals surface area contributed by atoms with Gasteiger partial charge in [-0.3, -0.25) is 9.59 Å². The Balaban J connectivity index is 2.61. The van der Waals surface area contributed by atoms with Crippen molar-refractivity contribution in [3.05, 3.63) is 12.7 Å². The van der Waals surface area contributed by atoms with Gasteiger partial charge in [-0.25, -0.2) is 0 Å². The fraction of sp³-hybridized carbons (Fsp3) is 0.714. The van der Waals surface area contributed by atoms with Crippen LogP contribution in [0.2, 0.25) is 0 Å². The van der Waals surface area contributed by atoms with Crippen molar-refractivity contribution in [2.75, 3.05) is 24.6 Å². The van der Waals surface area contributed by atoms with Crippen molar-refractivity contribution in [3.63, 3.8) is 0 Å². The van der Waals surface area contributed by atoms with E-state index < -0.39 is 0 Å². The van der Waals surface area contributed by atoms with E-state index in [0.717, 1.165) is 17.9 Å². The standard InChI is InChI=1S/C14H24N2O2S/c1-4-9-19-10-8-16-7-6-12(17)15-13(14(16)18)11(3)5-2/h4,11,13H,1,5-10H2,2-3H3,(H,15,17). The number of carbonyl (C=O) groups is 2. The van der Waals surface area contributed by atoms with Crippen molar-refractivity contribution < 1.29 is 9.59 Å². The molecule has 1 aliphatic heterocycles. The Morgan fingerprint density at radius 2 is 2.32 bits per heavy atom. The third-order valence-electron chi connectivity index (χ3n) is 3.46. The zero-order valence-electron chi connectivity index (χ0n) is 11.9. The zero-order valence-corrected chi connectivity index (χ0v) is 12.7. The molecule has 0 radical (unpaired) electrons. The molecule has 0 aliphatic carbocycles. The fourth-order valence-electron chi connectivity index (χ4n) is 2.04. The number of amides is 2. The van der Waals surface area contributed by atoms with Crippen molar-refractivity contribution in [3.8, 4) is 0 Å². The maximum absolute atomic E-state index is 12.4. The first-order valence-corrected chi connectivity index (χ1v) is 8.02. The Hall–Kier alpha value is -0.970. The number of rotatable bonds is 7. The molecule has 1 heterocycles. The molecule has 2 unspecified atom stereocenters. The first-order chi connectivity index (χ1) is 9.10. The predicted octanol–water partition coefficient (Wildman–Crippen LogP) is 1.67. The summed E-state index contributed by atoms with van der Waals surface area (Å²) in [5.74, 6) is 2.02. The van der Waals surface area contributed by atoms with E-state index in [9.17, 15) is 9.59 Å². The molecule has 5 heteroatoms. The SMILES string of the molecule is C=CCSCCN1CCC(=O)NC(C(C)CC)C1=O. The number of thioether (sulfide) groups is 1. The minimum atomic E-state index is -0.357. The molecule has 1 saturated heterocycles. The van der Waals surface area contributed by atoms with E-state index in [1.807, 2.05) is 24.8 Å². The average Bonchev–Trinajstić information content (AvgIpc) is 2.55. The van der Waals surface area contributed by atoms with E-state index >= 15 is 0 Å². The number of hydrogen-bond donors (Lipinski definition) is 1. The molecule has 0 spiro atoms. The van der Waals surface area contributed by atoms with Gasteiger partial charge in [0.2, 0.25) is 11.8 Å². The molecule has 19 heavy (non-hydrogen) atoms. The normalized spacial score (nSPS) is 21.8. The van der Waals surface area contributed by atoms with Gasteiger partial charge in [0.1, 0.15) is 6.04 Å². The van der Waals surface area contributed by atoms with E-state index in [1.165, 1.54) is 0 Å². The van der Waals surface area contributed by atoms with Gasteiger partial charge in [0.15, 0.2) is 0 Å². The Labute approximate surface area is 120 Å². The molecule has 1 rings (SSSR count). The number of hydrogen-bond acceptors (Lipinski definition) is 3. The predicted molar refractivity (Wildman–Crippen MR) is 80.1 cm³/mol. The molecule has 1 aliphatic rings. The van der Waals surface area contributed by atoms with E-state index in [1.54, 1.807) is 11.8 Å². The van der Waals surface area contributed by atoms with Crippen LogP contribution in [0, 0.1) is 5.92 Å². The molecule has 0 aromatic carbocycles. The molecular weight excluding hydrogens is 260 g/mol. The summed E-state index contributed by atoms with van der Waals surface area (Å²) in [6, 6.07) is -0.357. The van der Waals surface area contributed by atoms with Crippen LogP contribution in [0.25, 0.3) is 0 Å². The van der Waals surface area contributed by atoms with Crippen LogP contribution in [-0.4, -0.2) is 47.4 Å². The summed E-state index contributed by atoms with van der Waals surface area (Å²) in [5.41, 5.74) is 0. The first-order valence-electron chi connectivity index (χ1n) is 6.87. The third kappa shape index (κ3) is 4.90. The Morgan fingerprint density at radius 3 is 2.95 bits per heavy atom. The Kier molecular flexibility index (Phi) is 6.99. The highest BCUT2D eigenvalue weighted by atomic mass is 32.2. The lowest BCUT2D eigenvalue weighted by atomic mass is 9.98. The summed E-state index contributed by atoms with van der Waals surface area (Å²) in [5, 5.41) is 2.86. The summed E-state index contributed by atoms with van der Waals surface area (Å²) in [6.07, 6.45) is 3.16. The lowest BCUT2D eigenvalue weighted by molar-refractivity contribution is -0.134. The molecule has 0 bridgehead atoms. The molecule has 1 fully saturated rings. The van der Waals surface area contributed by atoms with Crippen molar-refractivity contribution >= 4 is 23.6 Å². The van der Waals surface area contributed by atoms with E-state index in [4.69, 9.17) is 0 Å². The minimum Gasteiger partial charge on any atom is -0.344 e. The van der Waals surface area contributed by atoms with Crippen LogP contribution < -0.4 is 5.32 Å². The third-order valence-corrected chi connectivity index (χ3v) is 4.40. The van der Waals surface area contributed by atoms with Crippen molar-refractivity contribution in [2.24, 2.45) is 5.92 Å². The molecule has 0 aromatic heterocycles. The average molecular weight is 284 g/mol. The van der Waals surface area contributed by atoms with Crippen molar-refractivity contribution in [2.45, 2.75) is 32.7 Å². The zero-order chi connectivity index (χ0) is 14.3. The molecule has 0 aromatic rings. The maximum atomic E-state index is 12.4. The van der Waals surface area contributed by atoms with Crippen LogP contribution in [-0.2, 0) is 9.59 Å². The minimum absolute atomic E-state index is 0.0140. The van der Waals surface area contributed by atoms with Gasteiger partial charge in [0.05, 0.1) is 0 Å². The smallest absolute Gasteiger partial charge is 0.245 e. The van der Waals surface area contributed by atoms with Gasteiger partial charge in [-0.05, 0) is 5.92 Å². The number of nitrogens with one attached hydrogen (secondary N) is 1. The highest BCUT2D eigenvalue weighted by Gasteiger charge is 2.32. The quantitative estimate of drug-likeness (QED) is 0.571. The van der Waals surface area contributed by atoms with Crippen molar-refractivity contribution in [1.82, 2.24) is 10.2 Å². The Morgan fingerprint density at radius 1 is 1.58 bits per heavy atom. The fourth-order valence-corrected chi connectivity index (χ4v) is 2.72. The highest BCUT2D eigenvalue weighted by Crippen LogP contribution is 2.15. The van der Waals surface area contributed by atoms with E-state index in [2.05, 4.69) is 11.9 Å². The Bertz CT molecular complexity index is 333. The molecule has 2 amide bonds. The van der Waals surface area contributed by atoms with Gasteiger partial charge in [0.25, 0.3) is 0 Å². The lowest BCUT2D eigenvalue weighted by Crippen LogP contribution is -2.48. The van der Waals surface area contributed by atoms with Crippen LogP contribution >= 0.6 is 11.8 Å². The van der Waals surface area contributed by atoms with E-state index in [0.29, 0.717) is 19.5 Å². The van der Waals surface area contributed by atoms with Gasteiger partial charge < -0.3 is 10.2 Å². The van der Waals surface area contributed by atoms with Gasteiger partial charge in [-0.15, -0.1) is 6.58 Å². The van der Waals surface area contributed by atoms with Crippen LogP contribution in [0.5, 0.6) is 0 Å². The molecular formula is C14H24N2O2S. The van der Waals surface area contributed by atoms with Crippen LogP contribution in [0.4, 0.5) is 0 Å². The second-order valence-electron chi connectivity index (χ2n) is 4.87. The van der Waals surface area contributed by atoms with Crippen LogP contribution in [0.1, 0.15) is 26.7 Å². The highest BCUT2D eigenvalue weighted by molar-refractivity contribution is 7.99. The second kappa shape index (κ2) is 8.25. The molecule has 4 nitrogen and oxygen atoms in total. The molecule has 1 N–H and O–H groups in total. The van der Waals surface area contributed by atoms with Crippen LogP contribution in [0.3, 0.4) is 0 Å². The summed E-state index contributed by atoms with van der Waals surface area (Å²) < 4.78 is 0. The number of nitrogens with zero attached hydrogens (tertiary/aromatic N) is 1. The number of carbonyl (C=O) groups excluding carboxylic acids is 2.